The third kappa shape index (κ3) is 56.9. The third-order valence-electron chi connectivity index (χ3n) is 1.62. The molecule has 0 aliphatic heterocycles. The lowest BCUT2D eigenvalue weighted by atomic mass is 10.4. The van der Waals surface area contributed by atoms with E-state index in [2.05, 4.69) is 38.0 Å². The van der Waals surface area contributed by atoms with Crippen LogP contribution < -0.4 is 11.5 Å². The van der Waals surface area contributed by atoms with Crippen LogP contribution in [0.1, 0.15) is 26.7 Å². The molecule has 114 valence electrons. The first-order valence-electron chi connectivity index (χ1n) is 6.65. The Balaban J connectivity index is -0.000000196. The van der Waals surface area contributed by atoms with Crippen LogP contribution in [0.15, 0.2) is 0 Å². The fourth-order valence-corrected chi connectivity index (χ4v) is 0.815. The van der Waals surface area contributed by atoms with E-state index in [1.54, 1.807) is 13.8 Å². The standard InChI is InChI=1S/2C5H14N2.C3H8O/c2*1-7(2)5-3-4-6;1-3(2)4/h2*3-6H2,1-2H3;3-4H,1-2H3. The molecular weight excluding hydrogens is 228 g/mol. The van der Waals surface area contributed by atoms with Crippen LogP contribution >= 0.6 is 0 Å². The van der Waals surface area contributed by atoms with Crippen LogP contribution in [0.2, 0.25) is 0 Å². The van der Waals surface area contributed by atoms with E-state index in [-0.39, 0.29) is 6.10 Å². The molecule has 0 aliphatic rings. The van der Waals surface area contributed by atoms with Crippen LogP contribution in [0.4, 0.5) is 0 Å². The minimum Gasteiger partial charge on any atom is -0.394 e. The van der Waals surface area contributed by atoms with E-state index >= 15 is 0 Å². The number of rotatable bonds is 6. The van der Waals surface area contributed by atoms with Crippen molar-refractivity contribution in [3.8, 4) is 0 Å². The second-order valence-corrected chi connectivity index (χ2v) is 4.98. The molecule has 0 aromatic heterocycles. The molecule has 0 saturated carbocycles. The molecule has 0 heterocycles. The fraction of sp³-hybridized carbons (Fsp3) is 1.00. The van der Waals surface area contributed by atoms with Gasteiger partial charge in [0.05, 0.1) is 0 Å². The van der Waals surface area contributed by atoms with Gasteiger partial charge >= 0.3 is 0 Å². The van der Waals surface area contributed by atoms with Crippen molar-refractivity contribution in [1.29, 1.82) is 0 Å². The molecule has 0 aromatic carbocycles. The minimum absolute atomic E-state index is 0.167. The van der Waals surface area contributed by atoms with E-state index in [1.807, 2.05) is 0 Å². The fourth-order valence-electron chi connectivity index (χ4n) is 0.815. The van der Waals surface area contributed by atoms with E-state index in [9.17, 15) is 0 Å². The molecule has 0 rings (SSSR count). The van der Waals surface area contributed by atoms with Gasteiger partial charge < -0.3 is 26.4 Å². The highest BCUT2D eigenvalue weighted by molar-refractivity contribution is 4.42. The first kappa shape index (κ1) is 22.9. The summed E-state index contributed by atoms with van der Waals surface area (Å²) in [4.78, 5) is 4.26. The largest absolute Gasteiger partial charge is 0.394 e. The van der Waals surface area contributed by atoms with Crippen LogP contribution in [0, 0.1) is 0 Å². The Bertz CT molecular complexity index is 115. The number of aliphatic hydroxyl groups is 1. The van der Waals surface area contributed by atoms with Crippen LogP contribution in [0.25, 0.3) is 0 Å². The zero-order valence-electron chi connectivity index (χ0n) is 13.3. The lowest BCUT2D eigenvalue weighted by Crippen LogP contribution is -2.16. The Kier molecular flexibility index (Phi) is 24.4. The van der Waals surface area contributed by atoms with E-state index in [4.69, 9.17) is 16.6 Å². The van der Waals surface area contributed by atoms with Gasteiger partial charge in [0.25, 0.3) is 0 Å². The predicted octanol–water partition coefficient (Wildman–Crippen LogP) is 0.181. The van der Waals surface area contributed by atoms with E-state index in [1.165, 1.54) is 0 Å². The summed E-state index contributed by atoms with van der Waals surface area (Å²) in [6, 6.07) is 0. The Morgan fingerprint density at radius 1 is 0.833 bits per heavy atom. The Morgan fingerprint density at radius 3 is 1.11 bits per heavy atom. The van der Waals surface area contributed by atoms with Gasteiger partial charge in [0.2, 0.25) is 0 Å². The topological polar surface area (TPSA) is 78.8 Å². The summed E-state index contributed by atoms with van der Waals surface area (Å²) in [6.07, 6.45) is 2.04. The maximum Gasteiger partial charge on any atom is 0.0483 e. The zero-order valence-corrected chi connectivity index (χ0v) is 13.3. The van der Waals surface area contributed by atoms with Crippen LogP contribution in [-0.2, 0) is 0 Å². The summed E-state index contributed by atoms with van der Waals surface area (Å²) in [7, 11) is 8.20. The van der Waals surface area contributed by atoms with Gasteiger partial charge in [0.1, 0.15) is 0 Å². The Morgan fingerprint density at radius 2 is 1.06 bits per heavy atom. The van der Waals surface area contributed by atoms with E-state index in [0.717, 1.165) is 39.0 Å². The van der Waals surface area contributed by atoms with Gasteiger partial charge in [0.15, 0.2) is 0 Å². The van der Waals surface area contributed by atoms with Crippen molar-refractivity contribution in [2.75, 3.05) is 54.4 Å². The molecule has 0 aromatic rings. The SMILES string of the molecule is CC(C)O.CN(C)CCCN.CN(C)CCCN. The van der Waals surface area contributed by atoms with Crippen molar-refractivity contribution >= 4 is 0 Å². The first-order valence-corrected chi connectivity index (χ1v) is 6.65. The molecule has 5 heteroatoms. The molecule has 18 heavy (non-hydrogen) atoms. The second kappa shape index (κ2) is 19.1. The highest BCUT2D eigenvalue weighted by Gasteiger charge is 1.84. The van der Waals surface area contributed by atoms with Gasteiger partial charge in [0, 0.05) is 6.10 Å². The smallest absolute Gasteiger partial charge is 0.0483 e. The number of aliphatic hydroxyl groups excluding tert-OH is 1. The van der Waals surface area contributed by atoms with Crippen molar-refractivity contribution in [1.82, 2.24) is 9.80 Å². The van der Waals surface area contributed by atoms with Crippen molar-refractivity contribution in [2.24, 2.45) is 11.5 Å². The average Bonchev–Trinajstić information content (AvgIpc) is 2.23. The zero-order chi connectivity index (χ0) is 15.0. The lowest BCUT2D eigenvalue weighted by Gasteiger charge is -2.05. The Labute approximate surface area is 114 Å². The third-order valence-corrected chi connectivity index (χ3v) is 1.62. The lowest BCUT2D eigenvalue weighted by molar-refractivity contribution is 0.216. The summed E-state index contributed by atoms with van der Waals surface area (Å²) in [5, 5.41) is 8.06. The maximum atomic E-state index is 8.06. The van der Waals surface area contributed by atoms with Gasteiger partial charge in [-0.25, -0.2) is 0 Å². The monoisotopic (exact) mass is 264 g/mol. The summed E-state index contributed by atoms with van der Waals surface area (Å²) in [5.74, 6) is 0. The summed E-state index contributed by atoms with van der Waals surface area (Å²) < 4.78 is 0. The molecule has 5 N–H and O–H groups in total. The summed E-state index contributed by atoms with van der Waals surface area (Å²) >= 11 is 0. The van der Waals surface area contributed by atoms with Crippen molar-refractivity contribution in [3.63, 3.8) is 0 Å². The summed E-state index contributed by atoms with van der Waals surface area (Å²) in [5.41, 5.74) is 10.5. The molecule has 5 nitrogen and oxygen atoms in total. The number of nitrogens with zero attached hydrogens (tertiary/aromatic N) is 2. The van der Waals surface area contributed by atoms with E-state index in [0.29, 0.717) is 0 Å². The molecule has 0 saturated heterocycles. The van der Waals surface area contributed by atoms with Gasteiger partial charge in [-0.1, -0.05) is 0 Å². The molecule has 0 radical (unpaired) electrons. The average molecular weight is 264 g/mol. The van der Waals surface area contributed by atoms with Gasteiger partial charge in [-0.2, -0.15) is 0 Å². The number of hydrogen-bond acceptors (Lipinski definition) is 5. The molecule has 0 atom stereocenters. The van der Waals surface area contributed by atoms with Crippen LogP contribution in [-0.4, -0.2) is 75.4 Å². The molecular formula is C13H36N4O. The van der Waals surface area contributed by atoms with E-state index < -0.39 is 0 Å². The van der Waals surface area contributed by atoms with Gasteiger partial charge in [-0.15, -0.1) is 0 Å². The normalized spacial score (nSPS) is 10.0. The minimum atomic E-state index is -0.167. The van der Waals surface area contributed by atoms with Gasteiger partial charge in [-0.05, 0) is 81.1 Å². The predicted molar refractivity (Wildman–Crippen MR) is 81.8 cm³/mol. The summed E-state index contributed by atoms with van der Waals surface area (Å²) in [6.45, 7) is 7.27. The Hall–Kier alpha value is -0.200. The second-order valence-electron chi connectivity index (χ2n) is 4.98. The molecule has 0 aliphatic carbocycles. The highest BCUT2D eigenvalue weighted by atomic mass is 16.3. The molecule has 0 bridgehead atoms. The van der Waals surface area contributed by atoms with Gasteiger partial charge in [-0.3, -0.25) is 0 Å². The molecule has 0 unspecified atom stereocenters. The number of hydrogen-bond donors (Lipinski definition) is 3. The van der Waals surface area contributed by atoms with Crippen molar-refractivity contribution in [2.45, 2.75) is 32.8 Å². The first-order chi connectivity index (χ1) is 8.27. The molecule has 0 amide bonds. The number of nitrogens with two attached hydrogens (primary N) is 2. The van der Waals surface area contributed by atoms with Crippen LogP contribution in [0.3, 0.4) is 0 Å². The molecule has 0 fully saturated rings. The molecule has 0 spiro atoms. The highest BCUT2D eigenvalue weighted by Crippen LogP contribution is 1.77. The quantitative estimate of drug-likeness (QED) is 0.638. The van der Waals surface area contributed by atoms with Crippen molar-refractivity contribution in [3.05, 3.63) is 0 Å². The maximum absolute atomic E-state index is 8.06. The van der Waals surface area contributed by atoms with Crippen LogP contribution in [0.5, 0.6) is 0 Å². The van der Waals surface area contributed by atoms with Crippen molar-refractivity contribution < 1.29 is 5.11 Å².